The quantitative estimate of drug-likeness (QED) is 0.464. The Kier molecular flexibility index (Phi) is 7.67. The van der Waals surface area contributed by atoms with E-state index in [0.29, 0.717) is 22.7 Å². The van der Waals surface area contributed by atoms with Crippen molar-refractivity contribution in [2.45, 2.75) is 51.2 Å². The Morgan fingerprint density at radius 1 is 1.29 bits per heavy atom. The van der Waals surface area contributed by atoms with Gasteiger partial charge in [0.2, 0.25) is 11.8 Å². The van der Waals surface area contributed by atoms with Crippen molar-refractivity contribution >= 4 is 46.8 Å². The summed E-state index contributed by atoms with van der Waals surface area (Å²) in [4.78, 5) is 40.0. The van der Waals surface area contributed by atoms with Crippen LogP contribution in [-0.2, 0) is 19.7 Å². The highest BCUT2D eigenvalue weighted by molar-refractivity contribution is 6.31. The van der Waals surface area contributed by atoms with Crippen LogP contribution in [0.25, 0.3) is 0 Å². The number of carbonyl (C=O) groups excluding carboxylic acids is 3. The van der Waals surface area contributed by atoms with Crippen LogP contribution in [0.3, 0.4) is 0 Å². The zero-order valence-corrected chi connectivity index (χ0v) is 22.8. The maximum absolute atomic E-state index is 15.7. The molecule has 1 saturated heterocycles. The first-order valence-corrected chi connectivity index (χ1v) is 13.0. The van der Waals surface area contributed by atoms with Gasteiger partial charge in [0.25, 0.3) is 0 Å². The van der Waals surface area contributed by atoms with Gasteiger partial charge in [0, 0.05) is 22.8 Å². The largest absolute Gasteiger partial charge is 0.447 e. The third-order valence-corrected chi connectivity index (χ3v) is 7.59. The van der Waals surface area contributed by atoms with E-state index in [9.17, 15) is 19.5 Å². The van der Waals surface area contributed by atoms with Crippen molar-refractivity contribution in [1.82, 2.24) is 4.90 Å². The number of nitrogens with two attached hydrogens (primary N) is 1. The molecule has 2 aliphatic rings. The van der Waals surface area contributed by atoms with E-state index in [-0.39, 0.29) is 22.5 Å². The van der Waals surface area contributed by atoms with E-state index in [1.807, 2.05) is 20.8 Å². The number of carbonyl (C=O) groups is 3. The van der Waals surface area contributed by atoms with Crippen molar-refractivity contribution in [3.8, 4) is 0 Å². The number of nitrogens with one attached hydrogen (secondary N) is 1. The summed E-state index contributed by atoms with van der Waals surface area (Å²) in [5.74, 6) is -2.35. The fourth-order valence-electron chi connectivity index (χ4n) is 5.79. The molecule has 0 saturated carbocycles. The number of benzene rings is 2. The molecular formula is C27H30Cl2FN3O5. The zero-order chi connectivity index (χ0) is 28.0. The summed E-state index contributed by atoms with van der Waals surface area (Å²) in [6.07, 6.45) is -2.07. The third kappa shape index (κ3) is 5.07. The van der Waals surface area contributed by atoms with Gasteiger partial charge in [-0.15, -0.1) is 0 Å². The number of hydrogen-bond donors (Lipinski definition) is 3. The van der Waals surface area contributed by atoms with Gasteiger partial charge in [-0.2, -0.15) is 0 Å². The van der Waals surface area contributed by atoms with Crippen molar-refractivity contribution < 1.29 is 28.6 Å². The number of amides is 3. The van der Waals surface area contributed by atoms with Gasteiger partial charge in [-0.05, 0) is 41.5 Å². The van der Waals surface area contributed by atoms with Crippen molar-refractivity contribution in [1.29, 1.82) is 0 Å². The maximum atomic E-state index is 15.7. The van der Waals surface area contributed by atoms with Crippen molar-refractivity contribution in [2.24, 2.45) is 17.1 Å². The average molecular weight is 566 g/mol. The lowest BCUT2D eigenvalue weighted by Gasteiger charge is -2.38. The monoisotopic (exact) mass is 565 g/mol. The minimum atomic E-state index is -1.39. The second-order valence-electron chi connectivity index (χ2n) is 11.1. The number of ether oxygens (including phenoxy) is 1. The number of fused-ring (bicyclic) bond motifs is 2. The van der Waals surface area contributed by atoms with E-state index < -0.39 is 60.2 Å². The van der Waals surface area contributed by atoms with Crippen LogP contribution < -0.4 is 11.1 Å². The molecule has 0 aromatic heterocycles. The van der Waals surface area contributed by atoms with Gasteiger partial charge in [0.1, 0.15) is 17.8 Å². The maximum Gasteiger partial charge on any atom is 0.410 e. The minimum absolute atomic E-state index is 0.0569. The smallest absolute Gasteiger partial charge is 0.410 e. The molecule has 2 heterocycles. The highest BCUT2D eigenvalue weighted by Crippen LogP contribution is 2.60. The number of rotatable bonds is 6. The summed E-state index contributed by atoms with van der Waals surface area (Å²) in [6, 6.07) is 8.33. The van der Waals surface area contributed by atoms with Crippen LogP contribution in [-0.4, -0.2) is 47.2 Å². The Bertz CT molecular complexity index is 1280. The van der Waals surface area contributed by atoms with Gasteiger partial charge in [-0.25, -0.2) is 9.18 Å². The zero-order valence-electron chi connectivity index (χ0n) is 21.3. The molecule has 8 nitrogen and oxygen atoms in total. The standard InChI is InChI=1S/C27H30Cl2FN3O5/c1-26(2,3)11-14-12-33(25(37)38-13-16(34)10-21(31)35)23(17-5-4-6-19(29)22(17)30)27(14)18-8-7-15(28)9-20(18)32-24(27)36/h4-9,14,16,23,34H,10-13H2,1-3H3,(H2,31,35)(H,32,36)/t14-,16+,23-,27?/m1/s1. The summed E-state index contributed by atoms with van der Waals surface area (Å²) in [6.45, 7) is 5.62. The highest BCUT2D eigenvalue weighted by Gasteiger charge is 2.65. The summed E-state index contributed by atoms with van der Waals surface area (Å²) in [7, 11) is 0. The first kappa shape index (κ1) is 28.1. The summed E-state index contributed by atoms with van der Waals surface area (Å²) in [5.41, 5.74) is 4.61. The first-order valence-electron chi connectivity index (χ1n) is 12.2. The predicted octanol–water partition coefficient (Wildman–Crippen LogP) is 4.80. The first-order chi connectivity index (χ1) is 17.8. The number of halogens is 3. The molecule has 1 unspecified atom stereocenters. The van der Waals surface area contributed by atoms with Gasteiger partial charge < -0.3 is 20.9 Å². The Morgan fingerprint density at radius 2 is 2.00 bits per heavy atom. The molecule has 1 fully saturated rings. The highest BCUT2D eigenvalue weighted by atomic mass is 35.5. The van der Waals surface area contributed by atoms with Crippen LogP contribution >= 0.6 is 23.2 Å². The van der Waals surface area contributed by atoms with Gasteiger partial charge >= 0.3 is 6.09 Å². The van der Waals surface area contributed by atoms with Crippen LogP contribution in [0, 0.1) is 17.2 Å². The van der Waals surface area contributed by atoms with Gasteiger partial charge in [-0.1, -0.05) is 62.2 Å². The van der Waals surface area contributed by atoms with Crippen molar-refractivity contribution in [3.63, 3.8) is 0 Å². The van der Waals surface area contributed by atoms with Gasteiger partial charge in [0.15, 0.2) is 0 Å². The molecule has 4 N–H and O–H groups in total. The molecule has 4 rings (SSSR count). The molecule has 11 heteroatoms. The predicted molar refractivity (Wildman–Crippen MR) is 141 cm³/mol. The number of aliphatic hydroxyl groups excluding tert-OH is 1. The molecule has 2 aliphatic heterocycles. The van der Waals surface area contributed by atoms with E-state index in [4.69, 9.17) is 33.7 Å². The lowest BCUT2D eigenvalue weighted by molar-refractivity contribution is -0.123. The second kappa shape index (κ2) is 10.4. The molecule has 204 valence electrons. The van der Waals surface area contributed by atoms with Crippen molar-refractivity contribution in [2.75, 3.05) is 18.5 Å². The number of hydrogen-bond acceptors (Lipinski definition) is 5. The molecule has 0 bridgehead atoms. The minimum Gasteiger partial charge on any atom is -0.447 e. The van der Waals surface area contributed by atoms with E-state index in [2.05, 4.69) is 5.32 Å². The van der Waals surface area contributed by atoms with Gasteiger partial charge in [-0.3, -0.25) is 14.5 Å². The van der Waals surface area contributed by atoms with Crippen LogP contribution in [0.4, 0.5) is 14.9 Å². The van der Waals surface area contributed by atoms with Crippen LogP contribution in [0.15, 0.2) is 36.4 Å². The molecule has 4 atom stereocenters. The lowest BCUT2D eigenvalue weighted by atomic mass is 9.63. The van der Waals surface area contributed by atoms with E-state index in [1.165, 1.54) is 17.0 Å². The molecule has 2 aromatic rings. The number of anilines is 1. The number of likely N-dealkylation sites (tertiary alicyclic amines) is 1. The number of nitrogens with zero attached hydrogens (tertiary/aromatic N) is 1. The fraction of sp³-hybridized carbons (Fsp3) is 0.444. The van der Waals surface area contributed by atoms with Crippen LogP contribution in [0.2, 0.25) is 10.0 Å². The van der Waals surface area contributed by atoms with Crippen LogP contribution in [0.5, 0.6) is 0 Å². The summed E-state index contributed by atoms with van der Waals surface area (Å²) >= 11 is 12.4. The van der Waals surface area contributed by atoms with Gasteiger partial charge in [0.05, 0.1) is 23.6 Å². The summed E-state index contributed by atoms with van der Waals surface area (Å²) in [5, 5.41) is 13.2. The summed E-state index contributed by atoms with van der Waals surface area (Å²) < 4.78 is 21.0. The van der Waals surface area contributed by atoms with E-state index in [0.717, 1.165) is 0 Å². The number of primary amides is 1. The third-order valence-electron chi connectivity index (χ3n) is 7.06. The topological polar surface area (TPSA) is 122 Å². The Labute approximate surface area is 230 Å². The normalized spacial score (nSPS) is 23.3. The molecule has 38 heavy (non-hydrogen) atoms. The molecule has 0 radical (unpaired) electrons. The Hall–Kier alpha value is -2.88. The fourth-order valence-corrected chi connectivity index (χ4v) is 6.15. The number of aliphatic hydroxyl groups is 1. The van der Waals surface area contributed by atoms with Crippen LogP contribution in [0.1, 0.15) is 50.8 Å². The molecule has 0 aliphatic carbocycles. The SMILES string of the molecule is CC(C)(C)C[C@@H]1CN(C(=O)OC[C@@H](O)CC(N)=O)[C@H](c2cccc(Cl)c2F)C12C(=O)Nc1cc(Cl)ccc12. The molecule has 2 aromatic carbocycles. The second-order valence-corrected chi connectivity index (χ2v) is 11.9. The van der Waals surface area contributed by atoms with Crippen molar-refractivity contribution in [3.05, 3.63) is 63.4 Å². The van der Waals surface area contributed by atoms with E-state index in [1.54, 1.807) is 24.3 Å². The Morgan fingerprint density at radius 3 is 2.66 bits per heavy atom. The molecular weight excluding hydrogens is 536 g/mol. The molecule has 3 amide bonds. The molecule has 1 spiro atoms. The van der Waals surface area contributed by atoms with E-state index >= 15 is 4.39 Å². The Balaban J connectivity index is 1.89. The lowest BCUT2D eigenvalue weighted by Crippen LogP contribution is -2.46. The average Bonchev–Trinajstić information content (AvgIpc) is 3.27.